The molecule has 0 heterocycles. The Morgan fingerprint density at radius 2 is 2.00 bits per heavy atom. The van der Waals surface area contributed by atoms with Gasteiger partial charge in [-0.25, -0.2) is 0 Å². The topological polar surface area (TPSA) is 9.23 Å². The Morgan fingerprint density at radius 3 is 2.58 bits per heavy atom. The Balaban J connectivity index is 1.97. The number of halogens is 1. The molecule has 2 heteroatoms. The predicted molar refractivity (Wildman–Crippen MR) is 89.9 cm³/mol. The van der Waals surface area contributed by atoms with Crippen LogP contribution in [0.5, 0.6) is 0 Å². The molecular weight excluding hydrogens is 347 g/mol. The van der Waals surface area contributed by atoms with E-state index in [1.165, 1.54) is 36.8 Å². The SMILES string of the molecule is Cc1cccc(C(CI)OC2CCC(C)(C)CC2)c1. The second-order valence-corrected chi connectivity index (χ2v) is 7.44. The minimum atomic E-state index is 0.256. The standard InChI is InChI=1S/C17H25IO/c1-13-5-4-6-14(11-13)16(12-18)19-15-7-9-17(2,3)10-8-15/h4-6,11,15-16H,7-10,12H2,1-3H3. The lowest BCUT2D eigenvalue weighted by Gasteiger charge is -2.35. The van der Waals surface area contributed by atoms with Gasteiger partial charge in [-0.1, -0.05) is 66.3 Å². The average molecular weight is 372 g/mol. The molecule has 0 saturated heterocycles. The van der Waals surface area contributed by atoms with Gasteiger partial charge in [0.05, 0.1) is 12.2 Å². The van der Waals surface area contributed by atoms with Crippen LogP contribution in [0.1, 0.15) is 56.8 Å². The number of benzene rings is 1. The Kier molecular flexibility index (Phi) is 5.29. The van der Waals surface area contributed by atoms with E-state index in [2.05, 4.69) is 67.6 Å². The van der Waals surface area contributed by atoms with Gasteiger partial charge in [-0.05, 0) is 43.6 Å². The zero-order valence-electron chi connectivity index (χ0n) is 12.3. The molecule has 0 N–H and O–H groups in total. The zero-order valence-corrected chi connectivity index (χ0v) is 14.4. The molecule has 1 nitrogen and oxygen atoms in total. The fourth-order valence-corrected chi connectivity index (χ4v) is 3.53. The van der Waals surface area contributed by atoms with Crippen LogP contribution < -0.4 is 0 Å². The van der Waals surface area contributed by atoms with Gasteiger partial charge < -0.3 is 4.74 Å². The maximum Gasteiger partial charge on any atom is 0.0918 e. The quantitative estimate of drug-likeness (QED) is 0.504. The normalized spacial score (nSPS) is 21.3. The highest BCUT2D eigenvalue weighted by Crippen LogP contribution is 2.38. The molecule has 0 bridgehead atoms. The van der Waals surface area contributed by atoms with E-state index >= 15 is 0 Å². The zero-order chi connectivity index (χ0) is 13.9. The summed E-state index contributed by atoms with van der Waals surface area (Å²) in [6.07, 6.45) is 5.72. The van der Waals surface area contributed by atoms with Crippen LogP contribution in [0.4, 0.5) is 0 Å². The van der Waals surface area contributed by atoms with Crippen molar-refractivity contribution < 1.29 is 4.74 Å². The van der Waals surface area contributed by atoms with Crippen molar-refractivity contribution in [2.75, 3.05) is 4.43 Å². The molecule has 1 atom stereocenters. The van der Waals surface area contributed by atoms with Crippen LogP contribution in [0.3, 0.4) is 0 Å². The van der Waals surface area contributed by atoms with E-state index in [-0.39, 0.29) is 6.10 Å². The second-order valence-electron chi connectivity index (χ2n) is 6.56. The van der Waals surface area contributed by atoms with Crippen LogP contribution >= 0.6 is 22.6 Å². The second kappa shape index (κ2) is 6.57. The third-order valence-corrected chi connectivity index (χ3v) is 5.00. The van der Waals surface area contributed by atoms with E-state index in [0.29, 0.717) is 11.5 Å². The molecule has 2 rings (SSSR count). The third-order valence-electron chi connectivity index (χ3n) is 4.20. The summed E-state index contributed by atoms with van der Waals surface area (Å²) in [6.45, 7) is 6.90. The molecule has 0 radical (unpaired) electrons. The van der Waals surface area contributed by atoms with Crippen LogP contribution in [-0.2, 0) is 4.74 Å². The maximum atomic E-state index is 6.37. The first-order valence-corrected chi connectivity index (χ1v) is 8.81. The summed E-state index contributed by atoms with van der Waals surface area (Å²) in [5.41, 5.74) is 3.17. The Hall–Kier alpha value is -0.0900. The Labute approximate surface area is 131 Å². The van der Waals surface area contributed by atoms with Crippen molar-refractivity contribution in [3.8, 4) is 0 Å². The molecule has 0 aliphatic heterocycles. The Morgan fingerprint density at radius 1 is 1.32 bits per heavy atom. The van der Waals surface area contributed by atoms with E-state index in [1.807, 2.05) is 0 Å². The highest BCUT2D eigenvalue weighted by Gasteiger charge is 2.28. The van der Waals surface area contributed by atoms with Crippen LogP contribution in [0.15, 0.2) is 24.3 Å². The fourth-order valence-electron chi connectivity index (χ4n) is 2.82. The monoisotopic (exact) mass is 372 g/mol. The predicted octanol–water partition coefficient (Wildman–Crippen LogP) is 5.46. The summed E-state index contributed by atoms with van der Waals surface area (Å²) in [5, 5.41) is 0. The lowest BCUT2D eigenvalue weighted by atomic mass is 9.76. The molecule has 1 saturated carbocycles. The number of rotatable bonds is 4. The van der Waals surface area contributed by atoms with Crippen molar-refractivity contribution in [3.05, 3.63) is 35.4 Å². The molecule has 1 aliphatic carbocycles. The smallest absolute Gasteiger partial charge is 0.0918 e. The summed E-state index contributed by atoms with van der Waals surface area (Å²) < 4.78 is 7.40. The first-order chi connectivity index (χ1) is 9.00. The molecule has 0 spiro atoms. The van der Waals surface area contributed by atoms with Crippen molar-refractivity contribution in [2.45, 2.75) is 58.7 Å². The van der Waals surface area contributed by atoms with Gasteiger partial charge in [0.15, 0.2) is 0 Å². The van der Waals surface area contributed by atoms with Gasteiger partial charge >= 0.3 is 0 Å². The minimum absolute atomic E-state index is 0.256. The first-order valence-electron chi connectivity index (χ1n) is 7.28. The first kappa shape index (κ1) is 15.3. The minimum Gasteiger partial charge on any atom is -0.369 e. The molecular formula is C17H25IO. The van der Waals surface area contributed by atoms with E-state index in [9.17, 15) is 0 Å². The molecule has 19 heavy (non-hydrogen) atoms. The number of hydrogen-bond acceptors (Lipinski definition) is 1. The summed E-state index contributed by atoms with van der Waals surface area (Å²) in [4.78, 5) is 0. The molecule has 106 valence electrons. The fraction of sp³-hybridized carbons (Fsp3) is 0.647. The van der Waals surface area contributed by atoms with Gasteiger partial charge in [0, 0.05) is 4.43 Å². The van der Waals surface area contributed by atoms with E-state index in [4.69, 9.17) is 4.74 Å². The molecule has 1 aromatic carbocycles. The summed E-state index contributed by atoms with van der Waals surface area (Å²) in [6, 6.07) is 8.74. The van der Waals surface area contributed by atoms with E-state index < -0.39 is 0 Å². The third kappa shape index (κ3) is 4.45. The van der Waals surface area contributed by atoms with Crippen molar-refractivity contribution >= 4 is 22.6 Å². The highest BCUT2D eigenvalue weighted by molar-refractivity contribution is 14.1. The van der Waals surface area contributed by atoms with Gasteiger partial charge in [0.1, 0.15) is 0 Å². The highest BCUT2D eigenvalue weighted by atomic mass is 127. The van der Waals surface area contributed by atoms with Gasteiger partial charge in [0.25, 0.3) is 0 Å². The molecule has 0 aromatic heterocycles. The lowest BCUT2D eigenvalue weighted by Crippen LogP contribution is -2.28. The molecule has 1 unspecified atom stereocenters. The summed E-state index contributed by atoms with van der Waals surface area (Å²) in [5.74, 6) is 0. The van der Waals surface area contributed by atoms with Crippen LogP contribution in [0.25, 0.3) is 0 Å². The number of aryl methyl sites for hydroxylation is 1. The van der Waals surface area contributed by atoms with Crippen molar-refractivity contribution in [1.29, 1.82) is 0 Å². The van der Waals surface area contributed by atoms with Crippen molar-refractivity contribution in [2.24, 2.45) is 5.41 Å². The van der Waals surface area contributed by atoms with Gasteiger partial charge in [0.2, 0.25) is 0 Å². The van der Waals surface area contributed by atoms with Gasteiger partial charge in [-0.3, -0.25) is 0 Å². The van der Waals surface area contributed by atoms with Gasteiger partial charge in [-0.2, -0.15) is 0 Å². The maximum absolute atomic E-state index is 6.37. The summed E-state index contributed by atoms with van der Waals surface area (Å²) in [7, 11) is 0. The molecule has 1 aliphatic rings. The number of hydrogen-bond donors (Lipinski definition) is 0. The van der Waals surface area contributed by atoms with Crippen LogP contribution in [0.2, 0.25) is 0 Å². The number of ether oxygens (including phenoxy) is 1. The van der Waals surface area contributed by atoms with Gasteiger partial charge in [-0.15, -0.1) is 0 Å². The molecule has 1 fully saturated rings. The summed E-state index contributed by atoms with van der Waals surface area (Å²) >= 11 is 2.44. The van der Waals surface area contributed by atoms with Crippen molar-refractivity contribution in [1.82, 2.24) is 0 Å². The van der Waals surface area contributed by atoms with Crippen LogP contribution in [-0.4, -0.2) is 10.5 Å². The van der Waals surface area contributed by atoms with Crippen molar-refractivity contribution in [3.63, 3.8) is 0 Å². The van der Waals surface area contributed by atoms with E-state index in [0.717, 1.165) is 4.43 Å². The Bertz CT molecular complexity index is 403. The largest absolute Gasteiger partial charge is 0.369 e. The molecule has 0 amide bonds. The lowest BCUT2D eigenvalue weighted by molar-refractivity contribution is -0.0357. The molecule has 1 aromatic rings. The van der Waals surface area contributed by atoms with Crippen LogP contribution in [0, 0.1) is 12.3 Å². The average Bonchev–Trinajstić information content (AvgIpc) is 2.37. The van der Waals surface area contributed by atoms with E-state index in [1.54, 1.807) is 0 Å². The number of alkyl halides is 1.